The molecule has 6 rings (SSSR count). The summed E-state index contributed by atoms with van der Waals surface area (Å²) in [5, 5.41) is 11.7. The first-order valence-corrected chi connectivity index (χ1v) is 15.9. The van der Waals surface area contributed by atoms with E-state index in [0.29, 0.717) is 34.3 Å². The molecule has 4 aromatic carbocycles. The van der Waals surface area contributed by atoms with Crippen LogP contribution in [-0.4, -0.2) is 22.9 Å². The van der Waals surface area contributed by atoms with Crippen molar-refractivity contribution in [2.75, 3.05) is 10.6 Å². The van der Waals surface area contributed by atoms with Crippen LogP contribution in [0.1, 0.15) is 32.7 Å². The van der Waals surface area contributed by atoms with Gasteiger partial charge in [0.2, 0.25) is 5.91 Å². The molecular weight excluding hydrogens is 625 g/mol. The van der Waals surface area contributed by atoms with E-state index >= 15 is 0 Å². The molecule has 3 N–H and O–H groups in total. The maximum Gasteiger partial charge on any atom is 0.272 e. The molecule has 6 aromatic rings. The standard InChI is InChI=1S/C38H30N4O5S/c1-25-23-34(42-47-25)41-38(45)35(27-13-7-3-8-14-27)48-31-20-17-29(18-21-31)39-37(44)32(40-36(43)28-15-9-4-10-16-28)24-30-19-22-33(46-30)26-11-5-2-6-12-26/h2-24,35H,1H3,(H,39,44)(H,40,43)(H,41,42,45)/b32-24+/t35-/m0/s1. The Kier molecular flexibility index (Phi) is 9.93. The van der Waals surface area contributed by atoms with Crippen molar-refractivity contribution in [2.24, 2.45) is 0 Å². The smallest absolute Gasteiger partial charge is 0.272 e. The largest absolute Gasteiger partial charge is 0.457 e. The number of hydrogen-bond donors (Lipinski definition) is 3. The molecule has 0 unspecified atom stereocenters. The number of aromatic nitrogens is 1. The van der Waals surface area contributed by atoms with Crippen LogP contribution in [0.5, 0.6) is 0 Å². The molecule has 0 bridgehead atoms. The maximum absolute atomic E-state index is 13.6. The van der Waals surface area contributed by atoms with Gasteiger partial charge in [-0.25, -0.2) is 0 Å². The quantitative estimate of drug-likeness (QED) is 0.0951. The van der Waals surface area contributed by atoms with Crippen LogP contribution in [0.2, 0.25) is 0 Å². The average Bonchev–Trinajstić information content (AvgIpc) is 3.77. The van der Waals surface area contributed by atoms with Gasteiger partial charge in [0.1, 0.15) is 28.2 Å². The Labute approximate surface area is 281 Å². The first kappa shape index (κ1) is 31.8. The SMILES string of the molecule is Cc1cc(NC(=O)[C@@H](Sc2ccc(NC(=O)/C(=C\c3ccc(-c4ccccc4)o3)NC(=O)c3ccccc3)cc2)c2ccccc2)no1. The molecule has 3 amide bonds. The molecule has 0 saturated heterocycles. The summed E-state index contributed by atoms with van der Waals surface area (Å²) in [4.78, 5) is 40.7. The Morgan fingerprint density at radius 2 is 1.44 bits per heavy atom. The average molecular weight is 655 g/mol. The summed E-state index contributed by atoms with van der Waals surface area (Å²) in [5.41, 5.74) is 2.59. The summed E-state index contributed by atoms with van der Waals surface area (Å²) in [6.07, 6.45) is 1.49. The van der Waals surface area contributed by atoms with Crippen molar-refractivity contribution in [3.63, 3.8) is 0 Å². The molecule has 2 aromatic heterocycles. The number of nitrogens with zero attached hydrogens (tertiary/aromatic N) is 1. The van der Waals surface area contributed by atoms with Gasteiger partial charge in [0.25, 0.3) is 11.8 Å². The highest BCUT2D eigenvalue weighted by Gasteiger charge is 2.23. The number of carbonyl (C=O) groups is 3. The third kappa shape index (κ3) is 8.17. The molecule has 0 aliphatic rings. The molecule has 0 radical (unpaired) electrons. The molecule has 0 spiro atoms. The van der Waals surface area contributed by atoms with Gasteiger partial charge in [-0.1, -0.05) is 84.0 Å². The lowest BCUT2D eigenvalue weighted by molar-refractivity contribution is -0.116. The predicted molar refractivity (Wildman–Crippen MR) is 186 cm³/mol. The molecule has 9 nitrogen and oxygen atoms in total. The minimum Gasteiger partial charge on any atom is -0.457 e. The van der Waals surface area contributed by atoms with Crippen molar-refractivity contribution in [3.8, 4) is 11.3 Å². The highest BCUT2D eigenvalue weighted by molar-refractivity contribution is 8.00. The van der Waals surface area contributed by atoms with Crippen LogP contribution in [0.3, 0.4) is 0 Å². The Morgan fingerprint density at radius 3 is 2.10 bits per heavy atom. The number of anilines is 2. The zero-order valence-corrected chi connectivity index (χ0v) is 26.6. The summed E-state index contributed by atoms with van der Waals surface area (Å²) in [5.74, 6) is 0.713. The van der Waals surface area contributed by atoms with Crippen molar-refractivity contribution in [3.05, 3.63) is 162 Å². The minimum atomic E-state index is -0.583. The number of hydrogen-bond acceptors (Lipinski definition) is 7. The highest BCUT2D eigenvalue weighted by atomic mass is 32.2. The van der Waals surface area contributed by atoms with Crippen molar-refractivity contribution in [1.29, 1.82) is 0 Å². The Morgan fingerprint density at radius 1 is 0.771 bits per heavy atom. The van der Waals surface area contributed by atoms with Crippen molar-refractivity contribution >= 4 is 47.1 Å². The molecule has 0 aliphatic carbocycles. The molecule has 1 atom stereocenters. The van der Waals surface area contributed by atoms with Crippen molar-refractivity contribution in [2.45, 2.75) is 17.1 Å². The van der Waals surface area contributed by atoms with E-state index in [1.54, 1.807) is 55.5 Å². The van der Waals surface area contributed by atoms with Crippen LogP contribution < -0.4 is 16.0 Å². The number of thioether (sulfide) groups is 1. The lowest BCUT2D eigenvalue weighted by Crippen LogP contribution is -2.30. The predicted octanol–water partition coefficient (Wildman–Crippen LogP) is 8.12. The van der Waals surface area contributed by atoms with Crippen molar-refractivity contribution in [1.82, 2.24) is 10.5 Å². The zero-order valence-electron chi connectivity index (χ0n) is 25.8. The summed E-state index contributed by atoms with van der Waals surface area (Å²) >= 11 is 1.35. The molecule has 2 heterocycles. The van der Waals surface area contributed by atoms with Crippen LogP contribution >= 0.6 is 11.8 Å². The first-order valence-electron chi connectivity index (χ1n) is 15.0. The number of aryl methyl sites for hydroxylation is 1. The van der Waals surface area contributed by atoms with E-state index < -0.39 is 17.1 Å². The van der Waals surface area contributed by atoms with Crippen LogP contribution in [-0.2, 0) is 9.59 Å². The van der Waals surface area contributed by atoms with Gasteiger partial charge in [0.15, 0.2) is 5.82 Å². The minimum absolute atomic E-state index is 0.000159. The molecular formula is C38H30N4O5S. The van der Waals surface area contributed by atoms with E-state index in [0.717, 1.165) is 16.0 Å². The van der Waals surface area contributed by atoms with Gasteiger partial charge < -0.3 is 24.9 Å². The fourth-order valence-electron chi connectivity index (χ4n) is 4.74. The fraction of sp³-hybridized carbons (Fsp3) is 0.0526. The topological polar surface area (TPSA) is 126 Å². The van der Waals surface area contributed by atoms with Gasteiger partial charge in [-0.2, -0.15) is 0 Å². The van der Waals surface area contributed by atoms with Gasteiger partial charge in [-0.3, -0.25) is 14.4 Å². The summed E-state index contributed by atoms with van der Waals surface area (Å²) in [6.45, 7) is 1.75. The molecule has 0 aliphatic heterocycles. The zero-order chi connectivity index (χ0) is 33.3. The molecule has 10 heteroatoms. The van der Waals surface area contributed by atoms with E-state index in [2.05, 4.69) is 21.1 Å². The van der Waals surface area contributed by atoms with Gasteiger partial charge in [-0.15, -0.1) is 11.8 Å². The Balaban J connectivity index is 1.19. The van der Waals surface area contributed by atoms with Crippen LogP contribution in [0.15, 0.2) is 153 Å². The monoisotopic (exact) mass is 654 g/mol. The number of amides is 3. The van der Waals surface area contributed by atoms with E-state index in [1.807, 2.05) is 84.9 Å². The normalized spacial score (nSPS) is 11.8. The van der Waals surface area contributed by atoms with E-state index in [-0.39, 0.29) is 11.6 Å². The fourth-order valence-corrected chi connectivity index (χ4v) is 5.77. The number of rotatable bonds is 11. The lowest BCUT2D eigenvalue weighted by Gasteiger charge is -2.16. The van der Waals surface area contributed by atoms with E-state index in [4.69, 9.17) is 8.94 Å². The molecule has 0 fully saturated rings. The second-order valence-electron chi connectivity index (χ2n) is 10.6. The first-order chi connectivity index (χ1) is 23.4. The highest BCUT2D eigenvalue weighted by Crippen LogP contribution is 2.37. The summed E-state index contributed by atoms with van der Waals surface area (Å²) in [6, 6.07) is 39.9. The van der Waals surface area contributed by atoms with E-state index in [9.17, 15) is 14.4 Å². The van der Waals surface area contributed by atoms with Crippen LogP contribution in [0.25, 0.3) is 17.4 Å². The number of carbonyl (C=O) groups excluding carboxylic acids is 3. The summed E-state index contributed by atoms with van der Waals surface area (Å²) < 4.78 is 11.1. The van der Waals surface area contributed by atoms with Crippen LogP contribution in [0.4, 0.5) is 11.5 Å². The van der Waals surface area contributed by atoms with E-state index in [1.165, 1.54) is 17.8 Å². The number of nitrogens with one attached hydrogen (secondary N) is 3. The maximum atomic E-state index is 13.6. The third-order valence-electron chi connectivity index (χ3n) is 7.09. The number of benzene rings is 4. The lowest BCUT2D eigenvalue weighted by atomic mass is 10.1. The summed E-state index contributed by atoms with van der Waals surface area (Å²) in [7, 11) is 0. The van der Waals surface area contributed by atoms with Gasteiger partial charge in [-0.05, 0) is 61.0 Å². The molecule has 0 saturated carbocycles. The second kappa shape index (κ2) is 15.0. The second-order valence-corrected chi connectivity index (χ2v) is 11.8. The Bertz CT molecular complexity index is 2040. The van der Waals surface area contributed by atoms with Gasteiger partial charge in [0, 0.05) is 33.9 Å². The van der Waals surface area contributed by atoms with Gasteiger partial charge >= 0.3 is 0 Å². The third-order valence-corrected chi connectivity index (χ3v) is 8.35. The molecule has 48 heavy (non-hydrogen) atoms. The van der Waals surface area contributed by atoms with Crippen molar-refractivity contribution < 1.29 is 23.3 Å². The number of furan rings is 1. The van der Waals surface area contributed by atoms with Gasteiger partial charge in [0.05, 0.1) is 0 Å². The Hall–Kier alpha value is -6.13. The van der Waals surface area contributed by atoms with Crippen LogP contribution in [0, 0.1) is 6.92 Å². The molecule has 238 valence electrons.